The van der Waals surface area contributed by atoms with Crippen LogP contribution < -0.4 is 0 Å². The highest BCUT2D eigenvalue weighted by Crippen LogP contribution is 2.17. The van der Waals surface area contributed by atoms with E-state index >= 15 is 0 Å². The number of rotatable bonds is 6. The van der Waals surface area contributed by atoms with Gasteiger partial charge in [-0.05, 0) is 30.7 Å². The number of esters is 1. The van der Waals surface area contributed by atoms with Crippen LogP contribution in [0.25, 0.3) is 0 Å². The molecule has 1 unspecified atom stereocenters. The second kappa shape index (κ2) is 7.65. The predicted octanol–water partition coefficient (Wildman–Crippen LogP) is 3.33. The molecule has 0 saturated heterocycles. The zero-order chi connectivity index (χ0) is 14.4. The molecule has 0 saturated carbocycles. The van der Waals surface area contributed by atoms with Gasteiger partial charge in [0.1, 0.15) is 0 Å². The summed E-state index contributed by atoms with van der Waals surface area (Å²) >= 11 is 3.47. The first kappa shape index (κ1) is 16.2. The van der Waals surface area contributed by atoms with Gasteiger partial charge in [-0.3, -0.25) is 4.79 Å². The fourth-order valence-electron chi connectivity index (χ4n) is 2.06. The molecule has 1 atom stereocenters. The van der Waals surface area contributed by atoms with E-state index < -0.39 is 0 Å². The van der Waals surface area contributed by atoms with Crippen LogP contribution in [0.4, 0.5) is 0 Å². The van der Waals surface area contributed by atoms with Gasteiger partial charge in [-0.1, -0.05) is 41.9 Å². The molecule has 1 aromatic rings. The molecule has 1 rings (SSSR count). The number of ether oxygens (including phenoxy) is 1. The van der Waals surface area contributed by atoms with Gasteiger partial charge in [-0.15, -0.1) is 0 Å². The maximum atomic E-state index is 11.7. The quantitative estimate of drug-likeness (QED) is 0.750. The summed E-state index contributed by atoms with van der Waals surface area (Å²) in [5, 5.41) is 0. The Morgan fingerprint density at radius 3 is 2.63 bits per heavy atom. The molecule has 106 valence electrons. The molecule has 4 heteroatoms. The van der Waals surface area contributed by atoms with Gasteiger partial charge < -0.3 is 9.64 Å². The Labute approximate surface area is 124 Å². The van der Waals surface area contributed by atoms with Crippen LogP contribution in [0.2, 0.25) is 0 Å². The van der Waals surface area contributed by atoms with Crippen molar-refractivity contribution in [3.05, 3.63) is 34.3 Å². The number of hydrogen-bond donors (Lipinski definition) is 0. The van der Waals surface area contributed by atoms with E-state index in [-0.39, 0.29) is 17.8 Å². The van der Waals surface area contributed by atoms with Gasteiger partial charge >= 0.3 is 5.97 Å². The second-order valence-corrected chi connectivity index (χ2v) is 6.12. The molecule has 0 amide bonds. The van der Waals surface area contributed by atoms with E-state index in [1.165, 1.54) is 12.7 Å². The zero-order valence-corrected chi connectivity index (χ0v) is 13.6. The first-order valence-electron chi connectivity index (χ1n) is 6.45. The first-order valence-corrected chi connectivity index (χ1v) is 7.24. The number of nitrogens with zero attached hydrogens (tertiary/aromatic N) is 1. The molecule has 0 aliphatic heterocycles. The molecular formula is C15H22BrNO2. The summed E-state index contributed by atoms with van der Waals surface area (Å²) in [6.45, 7) is 5.62. The van der Waals surface area contributed by atoms with Gasteiger partial charge in [0.05, 0.1) is 13.0 Å². The Kier molecular flexibility index (Phi) is 6.52. The summed E-state index contributed by atoms with van der Waals surface area (Å²) < 4.78 is 5.95. The van der Waals surface area contributed by atoms with Crippen molar-refractivity contribution in [3.63, 3.8) is 0 Å². The van der Waals surface area contributed by atoms with Gasteiger partial charge in [0.25, 0.3) is 0 Å². The van der Waals surface area contributed by atoms with Gasteiger partial charge in [-0.2, -0.15) is 0 Å². The lowest BCUT2D eigenvalue weighted by Crippen LogP contribution is -2.34. The normalized spacial score (nSPS) is 12.8. The maximum absolute atomic E-state index is 11.7. The highest BCUT2D eigenvalue weighted by Gasteiger charge is 2.24. The van der Waals surface area contributed by atoms with Crippen LogP contribution in [0.3, 0.4) is 0 Å². The standard InChI is InChI=1S/C15H22BrNO2/c1-11(2)14(15(18)19-4)10-17(3)9-12-6-5-7-13(16)8-12/h5-8,11,14H,9-10H2,1-4H3. The fourth-order valence-corrected chi connectivity index (χ4v) is 2.50. The van der Waals surface area contributed by atoms with Crippen molar-refractivity contribution in [1.82, 2.24) is 4.90 Å². The summed E-state index contributed by atoms with van der Waals surface area (Å²) in [6.07, 6.45) is 0. The number of benzene rings is 1. The second-order valence-electron chi connectivity index (χ2n) is 5.20. The van der Waals surface area contributed by atoms with Crippen LogP contribution in [0.1, 0.15) is 19.4 Å². The molecule has 0 spiro atoms. The summed E-state index contributed by atoms with van der Waals surface area (Å²) in [5.41, 5.74) is 1.23. The third-order valence-electron chi connectivity index (χ3n) is 3.16. The van der Waals surface area contributed by atoms with Crippen LogP contribution in [-0.2, 0) is 16.1 Å². The minimum atomic E-state index is -0.129. The average Bonchev–Trinajstić information content (AvgIpc) is 2.34. The maximum Gasteiger partial charge on any atom is 0.310 e. The van der Waals surface area contributed by atoms with Crippen LogP contribution in [-0.4, -0.2) is 31.6 Å². The molecule has 0 aromatic heterocycles. The largest absolute Gasteiger partial charge is 0.469 e. The molecule has 0 aliphatic rings. The van der Waals surface area contributed by atoms with E-state index in [0.29, 0.717) is 6.54 Å². The molecule has 19 heavy (non-hydrogen) atoms. The highest BCUT2D eigenvalue weighted by atomic mass is 79.9. The highest BCUT2D eigenvalue weighted by molar-refractivity contribution is 9.10. The van der Waals surface area contributed by atoms with Crippen molar-refractivity contribution in [2.75, 3.05) is 20.7 Å². The van der Waals surface area contributed by atoms with Crippen molar-refractivity contribution in [3.8, 4) is 0 Å². The van der Waals surface area contributed by atoms with E-state index in [9.17, 15) is 4.79 Å². The predicted molar refractivity (Wildman–Crippen MR) is 80.8 cm³/mol. The lowest BCUT2D eigenvalue weighted by atomic mass is 9.95. The van der Waals surface area contributed by atoms with E-state index in [1.54, 1.807) is 0 Å². The minimum absolute atomic E-state index is 0.0813. The van der Waals surface area contributed by atoms with E-state index in [0.717, 1.165) is 11.0 Å². The van der Waals surface area contributed by atoms with E-state index in [2.05, 4.69) is 46.8 Å². The summed E-state index contributed by atoms with van der Waals surface area (Å²) in [4.78, 5) is 13.9. The Morgan fingerprint density at radius 1 is 1.42 bits per heavy atom. The molecule has 0 fully saturated rings. The lowest BCUT2D eigenvalue weighted by molar-refractivity contribution is -0.147. The lowest BCUT2D eigenvalue weighted by Gasteiger charge is -2.25. The Balaban J connectivity index is 2.62. The van der Waals surface area contributed by atoms with Gasteiger partial charge in [-0.25, -0.2) is 0 Å². The van der Waals surface area contributed by atoms with Gasteiger partial charge in [0, 0.05) is 17.6 Å². The van der Waals surface area contributed by atoms with E-state index in [1.807, 2.05) is 19.2 Å². The third kappa shape index (κ3) is 5.33. The molecule has 0 bridgehead atoms. The molecular weight excluding hydrogens is 306 g/mol. The SMILES string of the molecule is COC(=O)C(CN(C)Cc1cccc(Br)c1)C(C)C. The Hall–Kier alpha value is -0.870. The smallest absolute Gasteiger partial charge is 0.310 e. The molecule has 0 aliphatic carbocycles. The van der Waals surface area contributed by atoms with Crippen LogP contribution in [0, 0.1) is 11.8 Å². The Bertz CT molecular complexity index is 420. The zero-order valence-electron chi connectivity index (χ0n) is 12.0. The molecule has 0 N–H and O–H groups in total. The van der Waals surface area contributed by atoms with Gasteiger partial charge in [0.15, 0.2) is 0 Å². The fraction of sp³-hybridized carbons (Fsp3) is 0.533. The molecule has 1 aromatic carbocycles. The topological polar surface area (TPSA) is 29.5 Å². The number of hydrogen-bond acceptors (Lipinski definition) is 3. The number of halogens is 1. The third-order valence-corrected chi connectivity index (χ3v) is 3.65. The van der Waals surface area contributed by atoms with Crippen molar-refractivity contribution in [2.45, 2.75) is 20.4 Å². The van der Waals surface area contributed by atoms with Crippen molar-refractivity contribution in [1.29, 1.82) is 0 Å². The summed E-state index contributed by atoms with van der Waals surface area (Å²) in [7, 11) is 3.48. The van der Waals surface area contributed by atoms with Crippen molar-refractivity contribution < 1.29 is 9.53 Å². The van der Waals surface area contributed by atoms with Crippen LogP contribution in [0.15, 0.2) is 28.7 Å². The van der Waals surface area contributed by atoms with Gasteiger partial charge in [0.2, 0.25) is 0 Å². The van der Waals surface area contributed by atoms with E-state index in [4.69, 9.17) is 4.74 Å². The molecule has 0 radical (unpaired) electrons. The Morgan fingerprint density at radius 2 is 2.11 bits per heavy atom. The van der Waals surface area contributed by atoms with Crippen LogP contribution >= 0.6 is 15.9 Å². The minimum Gasteiger partial charge on any atom is -0.469 e. The van der Waals surface area contributed by atoms with Crippen molar-refractivity contribution in [2.24, 2.45) is 11.8 Å². The summed E-state index contributed by atoms with van der Waals surface area (Å²) in [6, 6.07) is 8.21. The monoisotopic (exact) mass is 327 g/mol. The summed E-state index contributed by atoms with van der Waals surface area (Å²) in [5.74, 6) is 0.0654. The molecule has 3 nitrogen and oxygen atoms in total. The molecule has 0 heterocycles. The van der Waals surface area contributed by atoms with Crippen LogP contribution in [0.5, 0.6) is 0 Å². The number of methoxy groups -OCH3 is 1. The number of carbonyl (C=O) groups excluding carboxylic acids is 1. The number of carbonyl (C=O) groups is 1. The first-order chi connectivity index (χ1) is 8.93. The average molecular weight is 328 g/mol. The van der Waals surface area contributed by atoms with Crippen molar-refractivity contribution >= 4 is 21.9 Å².